The molecule has 1 aromatic carbocycles. The van der Waals surface area contributed by atoms with Crippen LogP contribution in [0.4, 0.5) is 0 Å². The molecule has 0 fully saturated rings. The van der Waals surface area contributed by atoms with Crippen molar-refractivity contribution in [1.82, 2.24) is 4.90 Å². The third-order valence-electron chi connectivity index (χ3n) is 2.28. The molecule has 0 aliphatic carbocycles. The van der Waals surface area contributed by atoms with Crippen molar-refractivity contribution in [3.05, 3.63) is 34.3 Å². The van der Waals surface area contributed by atoms with E-state index >= 15 is 0 Å². The Balaban J connectivity index is 2.91. The lowest BCUT2D eigenvalue weighted by Crippen LogP contribution is -2.40. The van der Waals surface area contributed by atoms with Crippen molar-refractivity contribution in [2.45, 2.75) is 19.9 Å². The summed E-state index contributed by atoms with van der Waals surface area (Å²) in [7, 11) is 0. The summed E-state index contributed by atoms with van der Waals surface area (Å²) in [4.78, 5) is 24.1. The van der Waals surface area contributed by atoms with E-state index in [4.69, 9.17) is 5.11 Å². The molecular weight excluding hydrogens is 286 g/mol. The first-order valence-corrected chi connectivity index (χ1v) is 5.99. The number of carbonyl (C=O) groups is 2. The highest BCUT2D eigenvalue weighted by Crippen LogP contribution is 2.13. The third kappa shape index (κ3) is 3.85. The number of aliphatic carboxylic acids is 1. The Bertz CT molecular complexity index is 414. The Kier molecular flexibility index (Phi) is 4.69. The zero-order valence-corrected chi connectivity index (χ0v) is 11.3. The number of hydrogen-bond acceptors (Lipinski definition) is 2. The van der Waals surface area contributed by atoms with E-state index in [1.54, 1.807) is 38.1 Å². The van der Waals surface area contributed by atoms with Crippen LogP contribution in [-0.4, -0.2) is 34.5 Å². The lowest BCUT2D eigenvalue weighted by molar-refractivity contribution is -0.138. The SMILES string of the molecule is CC(C)N(CC(=O)O)C(=O)c1ccc(Br)cc1. The molecule has 1 amide bonds. The Labute approximate surface area is 108 Å². The minimum absolute atomic E-state index is 0.151. The van der Waals surface area contributed by atoms with E-state index in [-0.39, 0.29) is 18.5 Å². The Morgan fingerprint density at radius 3 is 2.24 bits per heavy atom. The van der Waals surface area contributed by atoms with Crippen LogP contribution < -0.4 is 0 Å². The second-order valence-corrected chi connectivity index (χ2v) is 4.84. The number of carboxylic acids is 1. The molecule has 0 radical (unpaired) electrons. The van der Waals surface area contributed by atoms with Crippen LogP contribution in [0.15, 0.2) is 28.7 Å². The fraction of sp³-hybridized carbons (Fsp3) is 0.333. The standard InChI is InChI=1S/C12H14BrNO3/c1-8(2)14(7-11(15)16)12(17)9-3-5-10(13)6-4-9/h3-6,8H,7H2,1-2H3,(H,15,16). The van der Waals surface area contributed by atoms with Gasteiger partial charge in [0.2, 0.25) is 0 Å². The van der Waals surface area contributed by atoms with Crippen molar-refractivity contribution < 1.29 is 14.7 Å². The number of rotatable bonds is 4. The number of nitrogens with zero attached hydrogens (tertiary/aromatic N) is 1. The van der Waals surface area contributed by atoms with Gasteiger partial charge in [0, 0.05) is 16.1 Å². The summed E-state index contributed by atoms with van der Waals surface area (Å²) in [5.74, 6) is -1.28. The predicted octanol–water partition coefficient (Wildman–Crippen LogP) is 2.38. The van der Waals surface area contributed by atoms with Crippen LogP contribution in [0.25, 0.3) is 0 Å². The average molecular weight is 300 g/mol. The van der Waals surface area contributed by atoms with Crippen molar-refractivity contribution in [1.29, 1.82) is 0 Å². The molecule has 0 heterocycles. The molecule has 1 N–H and O–H groups in total. The number of carboxylic acid groups (broad SMARTS) is 1. The second kappa shape index (κ2) is 5.82. The van der Waals surface area contributed by atoms with Crippen molar-refractivity contribution in [2.24, 2.45) is 0 Å². The topological polar surface area (TPSA) is 57.6 Å². The maximum atomic E-state index is 12.1. The smallest absolute Gasteiger partial charge is 0.323 e. The van der Waals surface area contributed by atoms with Crippen LogP contribution in [0.5, 0.6) is 0 Å². The highest BCUT2D eigenvalue weighted by Gasteiger charge is 2.20. The minimum atomic E-state index is -1.01. The molecule has 0 saturated carbocycles. The quantitative estimate of drug-likeness (QED) is 0.929. The van der Waals surface area contributed by atoms with E-state index in [0.717, 1.165) is 4.47 Å². The Morgan fingerprint density at radius 1 is 1.29 bits per heavy atom. The number of carbonyl (C=O) groups excluding carboxylic acids is 1. The number of halogens is 1. The molecule has 0 saturated heterocycles. The van der Waals surface area contributed by atoms with Gasteiger partial charge in [0.1, 0.15) is 6.54 Å². The van der Waals surface area contributed by atoms with Crippen molar-refractivity contribution >= 4 is 27.8 Å². The summed E-state index contributed by atoms with van der Waals surface area (Å²) in [6.45, 7) is 3.30. The third-order valence-corrected chi connectivity index (χ3v) is 2.81. The first-order valence-electron chi connectivity index (χ1n) is 5.20. The Hall–Kier alpha value is -1.36. The average Bonchev–Trinajstić information content (AvgIpc) is 2.25. The van der Waals surface area contributed by atoms with Crippen LogP contribution in [0.3, 0.4) is 0 Å². The summed E-state index contributed by atoms with van der Waals surface area (Å²) in [5, 5.41) is 8.77. The normalized spacial score (nSPS) is 10.4. The van der Waals surface area contributed by atoms with E-state index in [0.29, 0.717) is 5.56 Å². The largest absolute Gasteiger partial charge is 0.480 e. The van der Waals surface area contributed by atoms with E-state index in [9.17, 15) is 9.59 Å². The lowest BCUT2D eigenvalue weighted by atomic mass is 10.1. The van der Waals surface area contributed by atoms with E-state index in [1.165, 1.54) is 4.90 Å². The van der Waals surface area contributed by atoms with Gasteiger partial charge in [-0.25, -0.2) is 0 Å². The molecule has 0 atom stereocenters. The molecule has 0 spiro atoms. The number of benzene rings is 1. The monoisotopic (exact) mass is 299 g/mol. The molecule has 92 valence electrons. The molecule has 0 aliphatic heterocycles. The van der Waals surface area contributed by atoms with Gasteiger partial charge in [-0.3, -0.25) is 9.59 Å². The maximum absolute atomic E-state index is 12.1. The summed E-state index contributed by atoms with van der Waals surface area (Å²) in [6.07, 6.45) is 0. The summed E-state index contributed by atoms with van der Waals surface area (Å²) < 4.78 is 0.878. The van der Waals surface area contributed by atoms with Gasteiger partial charge < -0.3 is 10.0 Å². The van der Waals surface area contributed by atoms with Crippen molar-refractivity contribution in [3.63, 3.8) is 0 Å². The van der Waals surface area contributed by atoms with Crippen LogP contribution >= 0.6 is 15.9 Å². The van der Waals surface area contributed by atoms with Crippen molar-refractivity contribution in [2.75, 3.05) is 6.54 Å². The van der Waals surface area contributed by atoms with Gasteiger partial charge in [-0.15, -0.1) is 0 Å². The molecule has 0 aromatic heterocycles. The molecule has 5 heteroatoms. The molecule has 0 unspecified atom stereocenters. The molecule has 17 heavy (non-hydrogen) atoms. The molecule has 0 aliphatic rings. The predicted molar refractivity (Wildman–Crippen MR) is 68.0 cm³/mol. The zero-order valence-electron chi connectivity index (χ0n) is 9.68. The summed E-state index contributed by atoms with van der Waals surface area (Å²) in [5.41, 5.74) is 0.489. The van der Waals surface area contributed by atoms with Gasteiger partial charge in [0.25, 0.3) is 5.91 Å². The highest BCUT2D eigenvalue weighted by atomic mass is 79.9. The minimum Gasteiger partial charge on any atom is -0.480 e. The van der Waals surface area contributed by atoms with E-state index in [2.05, 4.69) is 15.9 Å². The first kappa shape index (κ1) is 13.7. The molecule has 1 aromatic rings. The van der Waals surface area contributed by atoms with Crippen LogP contribution in [0, 0.1) is 0 Å². The van der Waals surface area contributed by atoms with Crippen LogP contribution in [0.1, 0.15) is 24.2 Å². The highest BCUT2D eigenvalue weighted by molar-refractivity contribution is 9.10. The van der Waals surface area contributed by atoms with Gasteiger partial charge >= 0.3 is 5.97 Å². The van der Waals surface area contributed by atoms with Crippen LogP contribution in [0.2, 0.25) is 0 Å². The number of amides is 1. The fourth-order valence-electron chi connectivity index (χ4n) is 1.39. The first-order chi connectivity index (χ1) is 7.91. The summed E-state index contributed by atoms with van der Waals surface area (Å²) >= 11 is 3.28. The molecular formula is C12H14BrNO3. The lowest BCUT2D eigenvalue weighted by Gasteiger charge is -2.24. The molecule has 0 bridgehead atoms. The fourth-order valence-corrected chi connectivity index (χ4v) is 1.66. The van der Waals surface area contributed by atoms with Gasteiger partial charge in [0.15, 0.2) is 0 Å². The van der Waals surface area contributed by atoms with Gasteiger partial charge in [-0.2, -0.15) is 0 Å². The van der Waals surface area contributed by atoms with Gasteiger partial charge in [0.05, 0.1) is 0 Å². The molecule has 4 nitrogen and oxygen atoms in total. The summed E-state index contributed by atoms with van der Waals surface area (Å²) in [6, 6.07) is 6.70. The van der Waals surface area contributed by atoms with Gasteiger partial charge in [-0.05, 0) is 38.1 Å². The molecule has 1 rings (SSSR count). The van der Waals surface area contributed by atoms with E-state index in [1.807, 2.05) is 0 Å². The maximum Gasteiger partial charge on any atom is 0.323 e. The van der Waals surface area contributed by atoms with E-state index < -0.39 is 5.97 Å². The van der Waals surface area contributed by atoms with Crippen molar-refractivity contribution in [3.8, 4) is 0 Å². The second-order valence-electron chi connectivity index (χ2n) is 3.93. The number of hydrogen-bond donors (Lipinski definition) is 1. The van der Waals surface area contributed by atoms with Gasteiger partial charge in [-0.1, -0.05) is 15.9 Å². The van der Waals surface area contributed by atoms with Crippen LogP contribution in [-0.2, 0) is 4.79 Å². The Morgan fingerprint density at radius 2 is 1.82 bits per heavy atom. The zero-order chi connectivity index (χ0) is 13.0.